The molecule has 1 aliphatic rings. The number of nitrogens with zero attached hydrogens (tertiary/aromatic N) is 1. The molecule has 0 radical (unpaired) electrons. The molecule has 3 unspecified atom stereocenters. The van der Waals surface area contributed by atoms with Gasteiger partial charge in [0.2, 0.25) is 0 Å². The zero-order valence-corrected chi connectivity index (χ0v) is 19.9. The number of benzene rings is 1. The SMILES string of the molecule is CCCCCCOP(=O)(OCC#CCC1CCC(c2ccccn2)CN1)c1ccccc1. The van der Waals surface area contributed by atoms with Crippen molar-refractivity contribution in [1.82, 2.24) is 10.3 Å². The highest BCUT2D eigenvalue weighted by Crippen LogP contribution is 2.46. The van der Waals surface area contributed by atoms with Gasteiger partial charge in [0.25, 0.3) is 0 Å². The minimum absolute atomic E-state index is 0.102. The normalized spacial score (nSPS) is 20.2. The highest BCUT2D eigenvalue weighted by Gasteiger charge is 2.27. The lowest BCUT2D eigenvalue weighted by atomic mass is 9.91. The number of aromatic nitrogens is 1. The summed E-state index contributed by atoms with van der Waals surface area (Å²) in [6.07, 6.45) is 9.06. The van der Waals surface area contributed by atoms with E-state index in [0.717, 1.165) is 57.2 Å². The molecule has 5 nitrogen and oxygen atoms in total. The van der Waals surface area contributed by atoms with Crippen LogP contribution < -0.4 is 10.6 Å². The summed E-state index contributed by atoms with van der Waals surface area (Å²) in [5.41, 5.74) is 1.16. The van der Waals surface area contributed by atoms with Crippen LogP contribution in [0.2, 0.25) is 0 Å². The third kappa shape index (κ3) is 7.87. The Morgan fingerprint density at radius 1 is 1.03 bits per heavy atom. The lowest BCUT2D eigenvalue weighted by Gasteiger charge is -2.28. The average Bonchev–Trinajstić information content (AvgIpc) is 2.85. The first-order valence-corrected chi connectivity index (χ1v) is 13.3. The Bertz CT molecular complexity index is 888. The van der Waals surface area contributed by atoms with E-state index in [1.165, 1.54) is 0 Å². The molecule has 0 amide bonds. The van der Waals surface area contributed by atoms with Gasteiger partial charge in [-0.3, -0.25) is 14.1 Å². The van der Waals surface area contributed by atoms with Gasteiger partial charge in [-0.1, -0.05) is 62.3 Å². The van der Waals surface area contributed by atoms with E-state index < -0.39 is 7.60 Å². The molecule has 32 heavy (non-hydrogen) atoms. The van der Waals surface area contributed by atoms with E-state index in [-0.39, 0.29) is 6.61 Å². The highest BCUT2D eigenvalue weighted by molar-refractivity contribution is 7.62. The van der Waals surface area contributed by atoms with Crippen LogP contribution >= 0.6 is 7.60 Å². The Morgan fingerprint density at radius 2 is 1.88 bits per heavy atom. The second-order valence-electron chi connectivity index (χ2n) is 8.19. The molecule has 3 atom stereocenters. The van der Waals surface area contributed by atoms with E-state index in [1.807, 2.05) is 36.5 Å². The van der Waals surface area contributed by atoms with Crippen molar-refractivity contribution in [2.45, 2.75) is 63.8 Å². The smallest absolute Gasteiger partial charge is 0.312 e. The zero-order chi connectivity index (χ0) is 22.5. The monoisotopic (exact) mass is 454 g/mol. The summed E-state index contributed by atoms with van der Waals surface area (Å²) in [5, 5.41) is 4.17. The molecule has 172 valence electrons. The fraction of sp³-hybridized carbons (Fsp3) is 0.500. The first-order chi connectivity index (χ1) is 15.7. The Morgan fingerprint density at radius 3 is 2.59 bits per heavy atom. The van der Waals surface area contributed by atoms with E-state index in [4.69, 9.17) is 9.05 Å². The summed E-state index contributed by atoms with van der Waals surface area (Å²) < 4.78 is 24.8. The molecule has 3 rings (SSSR count). The lowest BCUT2D eigenvalue weighted by Crippen LogP contribution is -2.37. The van der Waals surface area contributed by atoms with E-state index in [1.54, 1.807) is 12.1 Å². The fourth-order valence-corrected chi connectivity index (χ4v) is 5.35. The number of pyridine rings is 1. The van der Waals surface area contributed by atoms with Crippen molar-refractivity contribution < 1.29 is 13.6 Å². The van der Waals surface area contributed by atoms with Gasteiger partial charge in [0.1, 0.15) is 6.61 Å². The molecule has 1 aliphatic heterocycles. The quantitative estimate of drug-likeness (QED) is 0.278. The topological polar surface area (TPSA) is 60.5 Å². The van der Waals surface area contributed by atoms with Crippen LogP contribution in [0, 0.1) is 11.8 Å². The number of piperidine rings is 1. The van der Waals surface area contributed by atoms with Gasteiger partial charge in [-0.05, 0) is 43.5 Å². The molecular weight excluding hydrogens is 419 g/mol. The van der Waals surface area contributed by atoms with Gasteiger partial charge < -0.3 is 9.84 Å². The van der Waals surface area contributed by atoms with Gasteiger partial charge in [0.15, 0.2) is 0 Å². The van der Waals surface area contributed by atoms with Crippen LogP contribution in [-0.4, -0.2) is 30.8 Å². The molecule has 0 saturated carbocycles. The van der Waals surface area contributed by atoms with Gasteiger partial charge in [0.05, 0.1) is 11.9 Å². The standard InChI is InChI=1S/C26H35N2O3P/c1-2-3-4-11-20-30-32(29,25-14-6-5-7-15-25)31-21-12-9-13-24-18-17-23(22-28-24)26-16-8-10-19-27-26/h5-8,10,14-16,19,23-24,28H,2-4,11,13,17-18,20-22H2,1H3. The molecule has 1 fully saturated rings. The van der Waals surface area contributed by atoms with Crippen molar-refractivity contribution >= 4 is 12.9 Å². The Balaban J connectivity index is 1.44. The Hall–Kier alpha value is -1.96. The lowest BCUT2D eigenvalue weighted by molar-refractivity contribution is 0.226. The molecule has 0 bridgehead atoms. The van der Waals surface area contributed by atoms with Crippen molar-refractivity contribution in [2.75, 3.05) is 19.8 Å². The molecule has 1 saturated heterocycles. The first-order valence-electron chi connectivity index (χ1n) is 11.8. The van der Waals surface area contributed by atoms with E-state index in [2.05, 4.69) is 35.1 Å². The third-order valence-electron chi connectivity index (χ3n) is 5.73. The zero-order valence-electron chi connectivity index (χ0n) is 19.0. The van der Waals surface area contributed by atoms with Crippen molar-refractivity contribution in [1.29, 1.82) is 0 Å². The Labute approximate surface area is 192 Å². The van der Waals surface area contributed by atoms with Crippen molar-refractivity contribution in [2.24, 2.45) is 0 Å². The van der Waals surface area contributed by atoms with Gasteiger partial charge in [0, 0.05) is 36.8 Å². The molecule has 1 N–H and O–H groups in total. The second-order valence-corrected chi connectivity index (χ2v) is 10.2. The fourth-order valence-electron chi connectivity index (χ4n) is 3.83. The highest BCUT2D eigenvalue weighted by atomic mass is 31.2. The summed E-state index contributed by atoms with van der Waals surface area (Å²) in [6, 6.07) is 15.7. The van der Waals surface area contributed by atoms with Crippen molar-refractivity contribution in [3.05, 3.63) is 60.4 Å². The minimum Gasteiger partial charge on any atom is -0.312 e. The van der Waals surface area contributed by atoms with Gasteiger partial charge in [-0.25, -0.2) is 0 Å². The number of rotatable bonds is 11. The second kappa shape index (κ2) is 13.6. The van der Waals surface area contributed by atoms with Crippen LogP contribution in [0.3, 0.4) is 0 Å². The molecular formula is C26H35N2O3P. The van der Waals surface area contributed by atoms with Crippen LogP contribution in [0.5, 0.6) is 0 Å². The minimum atomic E-state index is -3.36. The predicted molar refractivity (Wildman–Crippen MR) is 130 cm³/mol. The number of hydrogen-bond acceptors (Lipinski definition) is 5. The summed E-state index contributed by atoms with van der Waals surface area (Å²) in [5.74, 6) is 6.69. The van der Waals surface area contributed by atoms with Crippen molar-refractivity contribution in [3.8, 4) is 11.8 Å². The van der Waals surface area contributed by atoms with Crippen LogP contribution in [-0.2, 0) is 13.6 Å². The van der Waals surface area contributed by atoms with Crippen molar-refractivity contribution in [3.63, 3.8) is 0 Å². The molecule has 2 heterocycles. The number of hydrogen-bond donors (Lipinski definition) is 1. The predicted octanol–water partition coefficient (Wildman–Crippen LogP) is 5.44. The molecule has 0 aliphatic carbocycles. The van der Waals surface area contributed by atoms with Gasteiger partial charge in [-0.2, -0.15) is 0 Å². The molecule has 2 aromatic rings. The maximum absolute atomic E-state index is 13.4. The van der Waals surface area contributed by atoms with Crippen LogP contribution in [0.25, 0.3) is 0 Å². The molecule has 0 spiro atoms. The number of unbranched alkanes of at least 4 members (excludes halogenated alkanes) is 3. The maximum Gasteiger partial charge on any atom is 0.362 e. The summed E-state index contributed by atoms with van der Waals surface area (Å²) in [6.45, 7) is 3.63. The van der Waals surface area contributed by atoms with E-state index in [0.29, 0.717) is 23.9 Å². The van der Waals surface area contributed by atoms with Crippen LogP contribution in [0.1, 0.15) is 63.5 Å². The summed E-state index contributed by atoms with van der Waals surface area (Å²) in [7, 11) is -3.36. The van der Waals surface area contributed by atoms with E-state index in [9.17, 15) is 4.57 Å². The molecule has 6 heteroatoms. The third-order valence-corrected chi connectivity index (χ3v) is 7.66. The largest absolute Gasteiger partial charge is 0.362 e. The average molecular weight is 455 g/mol. The maximum atomic E-state index is 13.4. The Kier molecular flexibility index (Phi) is 10.5. The first kappa shape index (κ1) is 24.7. The van der Waals surface area contributed by atoms with Crippen LogP contribution in [0.4, 0.5) is 0 Å². The van der Waals surface area contributed by atoms with Gasteiger partial charge in [-0.15, -0.1) is 0 Å². The van der Waals surface area contributed by atoms with Gasteiger partial charge >= 0.3 is 7.60 Å². The van der Waals surface area contributed by atoms with Crippen LogP contribution in [0.15, 0.2) is 54.7 Å². The molecule has 1 aromatic carbocycles. The summed E-state index contributed by atoms with van der Waals surface area (Å²) in [4.78, 5) is 4.47. The van der Waals surface area contributed by atoms with E-state index >= 15 is 0 Å². The molecule has 1 aromatic heterocycles. The number of nitrogens with one attached hydrogen (secondary N) is 1. The summed E-state index contributed by atoms with van der Waals surface area (Å²) >= 11 is 0.